The zero-order valence-electron chi connectivity index (χ0n) is 15.7. The summed E-state index contributed by atoms with van der Waals surface area (Å²) in [6.07, 6.45) is 6.24. The van der Waals surface area contributed by atoms with Crippen LogP contribution in [0.4, 0.5) is 5.69 Å². The van der Waals surface area contributed by atoms with Gasteiger partial charge in [0.2, 0.25) is 11.8 Å². The van der Waals surface area contributed by atoms with Crippen molar-refractivity contribution in [2.75, 3.05) is 25.0 Å². The number of nitrogens with one attached hydrogen (secondary N) is 2. The number of benzene rings is 1. The van der Waals surface area contributed by atoms with Gasteiger partial charge in [-0.15, -0.1) is 12.4 Å². The van der Waals surface area contributed by atoms with Crippen LogP contribution in [0.5, 0.6) is 0 Å². The fourth-order valence-corrected chi connectivity index (χ4v) is 3.90. The maximum atomic E-state index is 12.8. The summed E-state index contributed by atoms with van der Waals surface area (Å²) < 4.78 is 0. The monoisotopic (exact) mass is 400 g/mol. The molecule has 1 unspecified atom stereocenters. The molecule has 0 spiro atoms. The van der Waals surface area contributed by atoms with E-state index in [1.807, 2.05) is 35.4 Å². The van der Waals surface area contributed by atoms with Crippen molar-refractivity contribution in [1.29, 1.82) is 0 Å². The molecule has 2 N–H and O–H groups in total. The minimum atomic E-state index is 0. The largest absolute Gasteiger partial charge is 0.333 e. The molecule has 2 aliphatic rings. The summed E-state index contributed by atoms with van der Waals surface area (Å²) >= 11 is 0. The highest BCUT2D eigenvalue weighted by atomic mass is 35.5. The predicted octanol–water partition coefficient (Wildman–Crippen LogP) is 2.49. The average Bonchev–Trinajstić information content (AvgIpc) is 3.08. The number of aromatic nitrogens is 1. The highest BCUT2D eigenvalue weighted by Gasteiger charge is 2.27. The molecule has 0 aliphatic carbocycles. The van der Waals surface area contributed by atoms with Gasteiger partial charge >= 0.3 is 0 Å². The molecule has 7 heteroatoms. The molecule has 0 bridgehead atoms. The van der Waals surface area contributed by atoms with Crippen LogP contribution in [-0.2, 0) is 22.4 Å². The second-order valence-corrected chi connectivity index (χ2v) is 7.16. The smallest absolute Gasteiger partial charge is 0.228 e. The molecule has 0 saturated carbocycles. The van der Waals surface area contributed by atoms with Crippen LogP contribution in [0.3, 0.4) is 0 Å². The van der Waals surface area contributed by atoms with Gasteiger partial charge in [-0.05, 0) is 41.7 Å². The van der Waals surface area contributed by atoms with Crippen LogP contribution in [0, 0.1) is 0 Å². The third-order valence-corrected chi connectivity index (χ3v) is 5.28. The standard InChI is InChI=1S/C21H24N4O2.ClH/c26-20-12-17-11-15(6-7-18(17)24-20)3-1-5-21(27)25-10-9-23-14-19(25)16-4-2-8-22-13-16;/h2,4,6-8,11,13,19,23H,1,3,5,9-10,12,14H2,(H,24,26);1H. The maximum Gasteiger partial charge on any atom is 0.228 e. The summed E-state index contributed by atoms with van der Waals surface area (Å²) in [5, 5.41) is 6.22. The molecule has 4 rings (SSSR count). The van der Waals surface area contributed by atoms with Gasteiger partial charge in [0.15, 0.2) is 0 Å². The van der Waals surface area contributed by atoms with Gasteiger partial charge in [0.1, 0.15) is 0 Å². The second kappa shape index (κ2) is 9.17. The van der Waals surface area contributed by atoms with Gasteiger partial charge in [-0.25, -0.2) is 0 Å². The molecule has 148 valence electrons. The van der Waals surface area contributed by atoms with E-state index in [1.165, 1.54) is 5.56 Å². The Kier molecular flexibility index (Phi) is 6.65. The Morgan fingerprint density at radius 2 is 2.18 bits per heavy atom. The molecule has 1 aromatic carbocycles. The van der Waals surface area contributed by atoms with E-state index >= 15 is 0 Å². The van der Waals surface area contributed by atoms with E-state index in [0.29, 0.717) is 12.8 Å². The first-order valence-corrected chi connectivity index (χ1v) is 9.52. The number of piperazine rings is 1. The summed E-state index contributed by atoms with van der Waals surface area (Å²) in [5.74, 6) is 0.251. The predicted molar refractivity (Wildman–Crippen MR) is 111 cm³/mol. The van der Waals surface area contributed by atoms with Crippen molar-refractivity contribution in [3.63, 3.8) is 0 Å². The van der Waals surface area contributed by atoms with Gasteiger partial charge in [-0.2, -0.15) is 0 Å². The molecule has 1 aromatic heterocycles. The maximum absolute atomic E-state index is 12.8. The third kappa shape index (κ3) is 4.51. The third-order valence-electron chi connectivity index (χ3n) is 5.28. The Morgan fingerprint density at radius 3 is 3.00 bits per heavy atom. The SMILES string of the molecule is Cl.O=C1Cc2cc(CCCC(=O)N3CCNCC3c3cccnc3)ccc2N1. The Bertz CT molecular complexity index is 844. The van der Waals surface area contributed by atoms with Gasteiger partial charge in [-0.1, -0.05) is 18.2 Å². The van der Waals surface area contributed by atoms with E-state index in [2.05, 4.69) is 21.7 Å². The summed E-state index contributed by atoms with van der Waals surface area (Å²) in [5.41, 5.74) is 4.23. The first-order valence-electron chi connectivity index (χ1n) is 9.52. The first-order chi connectivity index (χ1) is 13.2. The van der Waals surface area contributed by atoms with E-state index in [1.54, 1.807) is 6.20 Å². The molecular formula is C21H25ClN4O2. The van der Waals surface area contributed by atoms with Crippen molar-refractivity contribution in [3.8, 4) is 0 Å². The molecule has 28 heavy (non-hydrogen) atoms. The quantitative estimate of drug-likeness (QED) is 0.808. The number of anilines is 1. The molecule has 1 fully saturated rings. The lowest BCUT2D eigenvalue weighted by Gasteiger charge is -2.36. The molecule has 2 aliphatic heterocycles. The van der Waals surface area contributed by atoms with Gasteiger partial charge in [0.25, 0.3) is 0 Å². The van der Waals surface area contributed by atoms with E-state index < -0.39 is 0 Å². The van der Waals surface area contributed by atoms with Gasteiger partial charge < -0.3 is 15.5 Å². The van der Waals surface area contributed by atoms with Gasteiger partial charge in [0.05, 0.1) is 12.5 Å². The van der Waals surface area contributed by atoms with Crippen LogP contribution >= 0.6 is 12.4 Å². The Morgan fingerprint density at radius 1 is 1.29 bits per heavy atom. The molecule has 6 nitrogen and oxygen atoms in total. The van der Waals surface area contributed by atoms with Crippen LogP contribution in [0.1, 0.15) is 35.6 Å². The van der Waals surface area contributed by atoms with Crippen molar-refractivity contribution < 1.29 is 9.59 Å². The Labute approximate surface area is 171 Å². The second-order valence-electron chi connectivity index (χ2n) is 7.16. The summed E-state index contributed by atoms with van der Waals surface area (Å²) in [7, 11) is 0. The lowest BCUT2D eigenvalue weighted by molar-refractivity contribution is -0.134. The normalized spacial score (nSPS) is 18.2. The topological polar surface area (TPSA) is 74.3 Å². The molecule has 1 atom stereocenters. The number of hydrogen-bond acceptors (Lipinski definition) is 4. The lowest BCUT2D eigenvalue weighted by atomic mass is 10.0. The summed E-state index contributed by atoms with van der Waals surface area (Å²) in [6.45, 7) is 2.32. The van der Waals surface area contributed by atoms with Crippen molar-refractivity contribution >= 4 is 29.9 Å². The molecule has 2 aromatic rings. The average molecular weight is 401 g/mol. The van der Waals surface area contributed by atoms with E-state index in [0.717, 1.165) is 49.3 Å². The first kappa shape index (κ1) is 20.3. The number of nitrogens with zero attached hydrogens (tertiary/aromatic N) is 2. The zero-order chi connectivity index (χ0) is 18.6. The molecule has 0 radical (unpaired) electrons. The highest BCUT2D eigenvalue weighted by molar-refractivity contribution is 5.99. The molecule has 1 saturated heterocycles. The van der Waals surface area contributed by atoms with Crippen LogP contribution < -0.4 is 10.6 Å². The van der Waals surface area contributed by atoms with Crippen molar-refractivity contribution in [2.45, 2.75) is 31.7 Å². The molecular weight excluding hydrogens is 376 g/mol. The Hall–Kier alpha value is -2.44. The number of halogens is 1. The van der Waals surface area contributed by atoms with Crippen molar-refractivity contribution in [2.24, 2.45) is 0 Å². The van der Waals surface area contributed by atoms with Crippen LogP contribution in [0.2, 0.25) is 0 Å². The Balaban J connectivity index is 0.00000225. The van der Waals surface area contributed by atoms with E-state index in [9.17, 15) is 9.59 Å². The summed E-state index contributed by atoms with van der Waals surface area (Å²) in [6, 6.07) is 10.1. The van der Waals surface area contributed by atoms with Gasteiger partial charge in [-0.3, -0.25) is 14.6 Å². The minimum absolute atomic E-state index is 0. The van der Waals surface area contributed by atoms with Crippen LogP contribution in [0.15, 0.2) is 42.7 Å². The van der Waals surface area contributed by atoms with Crippen molar-refractivity contribution in [1.82, 2.24) is 15.2 Å². The highest BCUT2D eigenvalue weighted by Crippen LogP contribution is 2.25. The van der Waals surface area contributed by atoms with Crippen LogP contribution in [0.25, 0.3) is 0 Å². The van der Waals surface area contributed by atoms with E-state index in [-0.39, 0.29) is 30.3 Å². The summed E-state index contributed by atoms with van der Waals surface area (Å²) in [4.78, 5) is 30.5. The number of fused-ring (bicyclic) bond motifs is 1. The number of amides is 2. The molecule has 2 amide bonds. The number of carbonyl (C=O) groups is 2. The number of carbonyl (C=O) groups excluding carboxylic acids is 2. The van der Waals surface area contributed by atoms with Crippen LogP contribution in [-0.4, -0.2) is 41.3 Å². The number of hydrogen-bond donors (Lipinski definition) is 2. The number of aryl methyl sites for hydroxylation is 1. The number of rotatable bonds is 5. The van der Waals surface area contributed by atoms with E-state index in [4.69, 9.17) is 0 Å². The fourth-order valence-electron chi connectivity index (χ4n) is 3.90. The van der Waals surface area contributed by atoms with Crippen molar-refractivity contribution in [3.05, 3.63) is 59.4 Å². The number of pyridine rings is 1. The minimum Gasteiger partial charge on any atom is -0.333 e. The van der Waals surface area contributed by atoms with Gasteiger partial charge in [0, 0.05) is 44.1 Å². The zero-order valence-corrected chi connectivity index (χ0v) is 16.5. The fraction of sp³-hybridized carbons (Fsp3) is 0.381. The molecule has 3 heterocycles. The lowest BCUT2D eigenvalue weighted by Crippen LogP contribution is -2.48.